The van der Waals surface area contributed by atoms with Crippen LogP contribution in [0.3, 0.4) is 0 Å². The van der Waals surface area contributed by atoms with Crippen LogP contribution >= 0.6 is 11.6 Å². The lowest BCUT2D eigenvalue weighted by molar-refractivity contribution is -0.113. The highest BCUT2D eigenvalue weighted by molar-refractivity contribution is 6.66. The second-order valence-corrected chi connectivity index (χ2v) is 3.89. The van der Waals surface area contributed by atoms with Gasteiger partial charge in [-0.25, -0.2) is 0 Å². The molecule has 0 saturated heterocycles. The number of halogens is 1. The zero-order valence-corrected chi connectivity index (χ0v) is 8.21. The molecule has 2 rings (SSSR count). The van der Waals surface area contributed by atoms with E-state index in [0.29, 0.717) is 5.56 Å². The van der Waals surface area contributed by atoms with Crippen molar-refractivity contribution < 1.29 is 4.79 Å². The third-order valence-corrected chi connectivity index (χ3v) is 3.03. The van der Waals surface area contributed by atoms with Crippen LogP contribution < -0.4 is 0 Å². The maximum atomic E-state index is 11.2. The summed E-state index contributed by atoms with van der Waals surface area (Å²) in [5, 5.41) is 8.41. The summed E-state index contributed by atoms with van der Waals surface area (Å²) in [6.45, 7) is 0. The van der Waals surface area contributed by atoms with Crippen molar-refractivity contribution in [3.63, 3.8) is 0 Å². The summed E-state index contributed by atoms with van der Waals surface area (Å²) in [5.74, 6) is 0. The summed E-state index contributed by atoms with van der Waals surface area (Å²) >= 11 is 5.54. The maximum Gasteiger partial charge on any atom is 0.232 e. The van der Waals surface area contributed by atoms with Gasteiger partial charge in [0.05, 0.1) is 17.0 Å². The van der Waals surface area contributed by atoms with Gasteiger partial charge in [-0.2, -0.15) is 5.26 Å². The fraction of sp³-hybridized carbons (Fsp3) is 0.273. The van der Waals surface area contributed by atoms with Gasteiger partial charge in [0.1, 0.15) is 0 Å². The Balaban J connectivity index is 2.43. The van der Waals surface area contributed by atoms with Crippen molar-refractivity contribution in [2.24, 2.45) is 0 Å². The van der Waals surface area contributed by atoms with E-state index in [1.807, 2.05) is 6.07 Å². The second kappa shape index (κ2) is 3.11. The molecular formula is C11H8ClNO. The predicted octanol–water partition coefficient (Wildman–Crippen LogP) is 2.36. The van der Waals surface area contributed by atoms with E-state index in [9.17, 15) is 4.79 Å². The molecule has 0 aromatic heterocycles. The van der Waals surface area contributed by atoms with E-state index in [4.69, 9.17) is 16.9 Å². The number of rotatable bonds is 2. The first-order valence-electron chi connectivity index (χ1n) is 4.40. The van der Waals surface area contributed by atoms with Crippen molar-refractivity contribution >= 4 is 16.8 Å². The molecule has 14 heavy (non-hydrogen) atoms. The highest BCUT2D eigenvalue weighted by Crippen LogP contribution is 2.49. The van der Waals surface area contributed by atoms with Gasteiger partial charge in [-0.1, -0.05) is 12.1 Å². The SMILES string of the molecule is N#Cc1cccc(C2(C(=O)Cl)CC2)c1. The molecule has 2 nitrogen and oxygen atoms in total. The molecule has 3 heteroatoms. The third-order valence-electron chi connectivity index (χ3n) is 2.67. The van der Waals surface area contributed by atoms with Crippen LogP contribution in [-0.4, -0.2) is 5.24 Å². The molecule has 0 amide bonds. The molecule has 0 unspecified atom stereocenters. The number of carbonyl (C=O) groups is 1. The zero-order valence-electron chi connectivity index (χ0n) is 7.46. The average Bonchev–Trinajstić information content (AvgIpc) is 2.98. The number of hydrogen-bond donors (Lipinski definition) is 0. The molecule has 0 atom stereocenters. The smallest absolute Gasteiger partial charge is 0.232 e. The van der Waals surface area contributed by atoms with Gasteiger partial charge >= 0.3 is 0 Å². The Morgan fingerprint density at radius 1 is 1.50 bits per heavy atom. The Kier molecular flexibility index (Phi) is 2.05. The summed E-state index contributed by atoms with van der Waals surface area (Å²) in [6, 6.07) is 9.16. The first kappa shape index (κ1) is 9.23. The molecule has 0 N–H and O–H groups in total. The molecule has 0 spiro atoms. The van der Waals surface area contributed by atoms with Crippen LogP contribution in [0.25, 0.3) is 0 Å². The quantitative estimate of drug-likeness (QED) is 0.696. The summed E-state index contributed by atoms with van der Waals surface area (Å²) < 4.78 is 0. The van der Waals surface area contributed by atoms with E-state index < -0.39 is 5.41 Å². The van der Waals surface area contributed by atoms with Crippen LogP contribution in [0.15, 0.2) is 24.3 Å². The molecule has 1 aliphatic rings. The molecule has 1 saturated carbocycles. The van der Waals surface area contributed by atoms with Crippen molar-refractivity contribution in [2.45, 2.75) is 18.3 Å². The van der Waals surface area contributed by atoms with Crippen molar-refractivity contribution in [1.82, 2.24) is 0 Å². The van der Waals surface area contributed by atoms with Gasteiger partial charge < -0.3 is 0 Å². The first-order valence-corrected chi connectivity index (χ1v) is 4.77. The lowest BCUT2D eigenvalue weighted by atomic mass is 9.96. The molecule has 0 bridgehead atoms. The van der Waals surface area contributed by atoms with Gasteiger partial charge in [-0.05, 0) is 42.1 Å². The normalized spacial score (nSPS) is 17.1. The van der Waals surface area contributed by atoms with E-state index >= 15 is 0 Å². The molecule has 70 valence electrons. The van der Waals surface area contributed by atoms with Crippen molar-refractivity contribution in [1.29, 1.82) is 5.26 Å². The molecule has 0 radical (unpaired) electrons. The van der Waals surface area contributed by atoms with E-state index in [1.54, 1.807) is 18.2 Å². The number of nitriles is 1. The number of nitrogens with zero attached hydrogens (tertiary/aromatic N) is 1. The van der Waals surface area contributed by atoms with Gasteiger partial charge in [-0.3, -0.25) is 4.79 Å². The minimum absolute atomic E-state index is 0.312. The minimum Gasteiger partial charge on any atom is -0.280 e. The zero-order chi connectivity index (χ0) is 10.2. The molecule has 1 aromatic carbocycles. The van der Waals surface area contributed by atoms with Crippen LogP contribution in [0.2, 0.25) is 0 Å². The topological polar surface area (TPSA) is 40.9 Å². The highest BCUT2D eigenvalue weighted by atomic mass is 35.5. The van der Waals surface area contributed by atoms with Crippen molar-refractivity contribution in [3.05, 3.63) is 35.4 Å². The Morgan fingerprint density at radius 3 is 2.71 bits per heavy atom. The molecule has 1 aliphatic carbocycles. The number of hydrogen-bond acceptors (Lipinski definition) is 2. The van der Waals surface area contributed by atoms with Crippen molar-refractivity contribution in [2.75, 3.05) is 0 Å². The largest absolute Gasteiger partial charge is 0.280 e. The van der Waals surface area contributed by atoms with E-state index in [2.05, 4.69) is 6.07 Å². The summed E-state index contributed by atoms with van der Waals surface area (Å²) in [7, 11) is 0. The lowest BCUT2D eigenvalue weighted by Crippen LogP contribution is -2.14. The fourth-order valence-corrected chi connectivity index (χ4v) is 1.91. The molecule has 1 fully saturated rings. The number of carbonyl (C=O) groups excluding carboxylic acids is 1. The van der Waals surface area contributed by atoms with E-state index in [-0.39, 0.29) is 5.24 Å². The van der Waals surface area contributed by atoms with Gasteiger partial charge in [0.25, 0.3) is 0 Å². The average molecular weight is 206 g/mol. The molecule has 0 aliphatic heterocycles. The van der Waals surface area contributed by atoms with Crippen LogP contribution in [0, 0.1) is 11.3 Å². The van der Waals surface area contributed by atoms with Gasteiger partial charge in [0.15, 0.2) is 0 Å². The van der Waals surface area contributed by atoms with Crippen molar-refractivity contribution in [3.8, 4) is 6.07 Å². The fourth-order valence-electron chi connectivity index (χ4n) is 1.61. The Morgan fingerprint density at radius 2 is 2.21 bits per heavy atom. The summed E-state index contributed by atoms with van der Waals surface area (Å²) in [5.41, 5.74) is 0.956. The standard InChI is InChI=1S/C11H8ClNO/c12-10(14)11(4-5-11)9-3-1-2-8(6-9)7-13/h1-3,6H,4-5H2. The monoisotopic (exact) mass is 205 g/mol. The van der Waals surface area contributed by atoms with Gasteiger partial charge in [0, 0.05) is 0 Å². The van der Waals surface area contributed by atoms with Crippen LogP contribution in [-0.2, 0) is 10.2 Å². The van der Waals surface area contributed by atoms with Crippen LogP contribution in [0.4, 0.5) is 0 Å². The van der Waals surface area contributed by atoms with Gasteiger partial charge in [0.2, 0.25) is 5.24 Å². The van der Waals surface area contributed by atoms with E-state index in [1.165, 1.54) is 0 Å². The molecule has 0 heterocycles. The lowest BCUT2D eigenvalue weighted by Gasteiger charge is -2.09. The van der Waals surface area contributed by atoms with Gasteiger partial charge in [-0.15, -0.1) is 0 Å². The Labute approximate surface area is 87.1 Å². The van der Waals surface area contributed by atoms with Crippen LogP contribution in [0.1, 0.15) is 24.0 Å². The number of benzene rings is 1. The predicted molar refractivity (Wildman–Crippen MR) is 52.9 cm³/mol. The summed E-state index contributed by atoms with van der Waals surface area (Å²) in [6.07, 6.45) is 1.59. The van der Waals surface area contributed by atoms with E-state index in [0.717, 1.165) is 18.4 Å². The minimum atomic E-state index is -0.492. The highest BCUT2D eigenvalue weighted by Gasteiger charge is 2.50. The molecule has 1 aromatic rings. The summed E-state index contributed by atoms with van der Waals surface area (Å²) in [4.78, 5) is 11.2. The first-order chi connectivity index (χ1) is 6.69. The Hall–Kier alpha value is -1.33. The third kappa shape index (κ3) is 1.30. The Bertz CT molecular complexity index is 429. The maximum absolute atomic E-state index is 11.2. The molecular weight excluding hydrogens is 198 g/mol. The second-order valence-electron chi connectivity index (χ2n) is 3.55. The van der Waals surface area contributed by atoms with Crippen LogP contribution in [0.5, 0.6) is 0 Å².